The summed E-state index contributed by atoms with van der Waals surface area (Å²) >= 11 is 1.59. The maximum absolute atomic E-state index is 11.8. The van der Waals surface area contributed by atoms with E-state index in [0.717, 1.165) is 31.7 Å². The minimum Gasteiger partial charge on any atom is -0.383 e. The number of carbonyl (C=O) groups excluding carboxylic acids is 1. The highest BCUT2D eigenvalue weighted by molar-refractivity contribution is 7.15. The highest BCUT2D eigenvalue weighted by atomic mass is 32.1. The lowest BCUT2D eigenvalue weighted by Crippen LogP contribution is -2.30. The van der Waals surface area contributed by atoms with Crippen molar-refractivity contribution in [1.29, 1.82) is 0 Å². The second-order valence-corrected chi connectivity index (χ2v) is 5.81. The highest BCUT2D eigenvalue weighted by Crippen LogP contribution is 2.27. The fourth-order valence-electron chi connectivity index (χ4n) is 2.11. The lowest BCUT2D eigenvalue weighted by atomic mass is 10.2. The van der Waals surface area contributed by atoms with Crippen LogP contribution in [0.5, 0.6) is 0 Å². The number of thiazole rings is 1. The van der Waals surface area contributed by atoms with Gasteiger partial charge in [-0.3, -0.25) is 9.69 Å². The minimum atomic E-state index is -0.0560. The Balaban J connectivity index is 1.82. The summed E-state index contributed by atoms with van der Waals surface area (Å²) in [5.41, 5.74) is 1.14. The van der Waals surface area contributed by atoms with Gasteiger partial charge < -0.3 is 15.4 Å². The summed E-state index contributed by atoms with van der Waals surface area (Å²) in [4.78, 5) is 19.9. The van der Waals surface area contributed by atoms with Crippen LogP contribution in [0.2, 0.25) is 0 Å². The zero-order valence-electron chi connectivity index (χ0n) is 12.1. The van der Waals surface area contributed by atoms with Gasteiger partial charge in [-0.1, -0.05) is 6.92 Å². The number of hydrogen-bond donors (Lipinski definition) is 2. The number of nitrogens with zero attached hydrogens (tertiary/aromatic N) is 2. The van der Waals surface area contributed by atoms with Gasteiger partial charge in [0.1, 0.15) is 0 Å². The molecule has 0 bridgehead atoms. The predicted octanol–water partition coefficient (Wildman–Crippen LogP) is 0.696. The maximum Gasteiger partial charge on any atom is 0.240 e. The normalized spacial score (nSPS) is 15.1. The van der Waals surface area contributed by atoms with E-state index in [0.29, 0.717) is 18.3 Å². The van der Waals surface area contributed by atoms with Gasteiger partial charge in [0.15, 0.2) is 5.13 Å². The van der Waals surface area contributed by atoms with Crippen molar-refractivity contribution in [1.82, 2.24) is 15.2 Å². The summed E-state index contributed by atoms with van der Waals surface area (Å²) in [6.07, 6.45) is 0.974. The molecule has 0 saturated heterocycles. The third-order valence-electron chi connectivity index (χ3n) is 3.27. The van der Waals surface area contributed by atoms with Crippen molar-refractivity contribution in [3.8, 4) is 0 Å². The Labute approximate surface area is 123 Å². The number of likely N-dealkylation sites (N-methyl/N-ethyl adjacent to an activating group) is 1. The van der Waals surface area contributed by atoms with Gasteiger partial charge in [-0.05, 0) is 6.54 Å². The predicted molar refractivity (Wildman–Crippen MR) is 80.1 cm³/mol. The van der Waals surface area contributed by atoms with E-state index in [1.54, 1.807) is 18.4 Å². The van der Waals surface area contributed by atoms with Gasteiger partial charge in [-0.25, -0.2) is 4.98 Å². The van der Waals surface area contributed by atoms with Crippen molar-refractivity contribution in [3.05, 3.63) is 10.6 Å². The first-order chi connectivity index (χ1) is 9.72. The number of anilines is 1. The number of ether oxygens (including phenoxy) is 1. The van der Waals surface area contributed by atoms with Gasteiger partial charge >= 0.3 is 0 Å². The van der Waals surface area contributed by atoms with Gasteiger partial charge in [0.2, 0.25) is 5.91 Å². The number of nitrogens with one attached hydrogen (secondary N) is 2. The smallest absolute Gasteiger partial charge is 0.240 e. The number of fused-ring (bicyclic) bond motifs is 1. The Kier molecular flexibility index (Phi) is 5.90. The van der Waals surface area contributed by atoms with E-state index in [4.69, 9.17) is 4.74 Å². The topological polar surface area (TPSA) is 66.5 Å². The van der Waals surface area contributed by atoms with E-state index < -0.39 is 0 Å². The summed E-state index contributed by atoms with van der Waals surface area (Å²) < 4.78 is 4.91. The maximum atomic E-state index is 11.8. The highest BCUT2D eigenvalue weighted by Gasteiger charge is 2.20. The molecule has 1 aliphatic rings. The Morgan fingerprint density at radius 3 is 3.15 bits per heavy atom. The van der Waals surface area contributed by atoms with Crippen molar-refractivity contribution in [2.75, 3.05) is 45.2 Å². The molecule has 2 heterocycles. The summed E-state index contributed by atoms with van der Waals surface area (Å²) in [5, 5.41) is 6.59. The molecule has 20 heavy (non-hydrogen) atoms. The molecule has 0 atom stereocenters. The van der Waals surface area contributed by atoms with Crippen molar-refractivity contribution in [3.63, 3.8) is 0 Å². The molecule has 112 valence electrons. The molecule has 1 aromatic rings. The standard InChI is InChI=1S/C13H22N4O2S/c1-3-17-6-4-10-11(9-17)20-13(15-10)16-12(18)8-14-5-7-19-2/h14H,3-9H2,1-2H3,(H,15,16,18). The van der Waals surface area contributed by atoms with Gasteiger partial charge in [-0.15, -0.1) is 11.3 Å². The molecule has 2 N–H and O–H groups in total. The van der Waals surface area contributed by atoms with E-state index in [-0.39, 0.29) is 12.5 Å². The molecule has 0 spiro atoms. The molecule has 2 rings (SSSR count). The van der Waals surface area contributed by atoms with Crippen molar-refractivity contribution in [2.45, 2.75) is 19.9 Å². The van der Waals surface area contributed by atoms with Crippen LogP contribution in [0.1, 0.15) is 17.5 Å². The van der Waals surface area contributed by atoms with E-state index in [2.05, 4.69) is 27.4 Å². The van der Waals surface area contributed by atoms with Crippen LogP contribution >= 0.6 is 11.3 Å². The first kappa shape index (κ1) is 15.4. The number of amides is 1. The second-order valence-electron chi connectivity index (χ2n) is 4.73. The molecule has 6 nitrogen and oxygen atoms in total. The molecule has 1 aromatic heterocycles. The lowest BCUT2D eigenvalue weighted by Gasteiger charge is -2.23. The largest absolute Gasteiger partial charge is 0.383 e. The molecular formula is C13H22N4O2S. The van der Waals surface area contributed by atoms with Gasteiger partial charge in [-0.2, -0.15) is 0 Å². The van der Waals surface area contributed by atoms with E-state index in [1.807, 2.05) is 0 Å². The molecule has 0 saturated carbocycles. The average molecular weight is 298 g/mol. The summed E-state index contributed by atoms with van der Waals surface area (Å²) in [7, 11) is 1.64. The minimum absolute atomic E-state index is 0.0560. The molecule has 0 aromatic carbocycles. The molecular weight excluding hydrogens is 276 g/mol. The lowest BCUT2D eigenvalue weighted by molar-refractivity contribution is -0.115. The summed E-state index contributed by atoms with van der Waals surface area (Å²) in [6.45, 7) is 6.79. The van der Waals surface area contributed by atoms with Crippen molar-refractivity contribution >= 4 is 22.4 Å². The van der Waals surface area contributed by atoms with Crippen LogP contribution in [-0.2, 0) is 22.5 Å². The molecule has 1 amide bonds. The average Bonchev–Trinajstić information content (AvgIpc) is 2.84. The summed E-state index contributed by atoms with van der Waals surface area (Å²) in [6, 6.07) is 0. The Morgan fingerprint density at radius 1 is 1.55 bits per heavy atom. The second kappa shape index (κ2) is 7.68. The molecule has 0 aliphatic carbocycles. The van der Waals surface area contributed by atoms with Crippen LogP contribution in [0, 0.1) is 0 Å². The Hall–Kier alpha value is -1.02. The van der Waals surface area contributed by atoms with Gasteiger partial charge in [0.05, 0.1) is 18.8 Å². The number of aromatic nitrogens is 1. The van der Waals surface area contributed by atoms with Crippen LogP contribution in [-0.4, -0.2) is 55.7 Å². The van der Waals surface area contributed by atoms with Crippen molar-refractivity contribution in [2.24, 2.45) is 0 Å². The van der Waals surface area contributed by atoms with Gasteiger partial charge in [0, 0.05) is 38.0 Å². The molecule has 7 heteroatoms. The number of methoxy groups -OCH3 is 1. The Bertz CT molecular complexity index is 450. The van der Waals surface area contributed by atoms with E-state index in [1.165, 1.54) is 4.88 Å². The van der Waals surface area contributed by atoms with Crippen LogP contribution in [0.3, 0.4) is 0 Å². The third-order valence-corrected chi connectivity index (χ3v) is 4.27. The zero-order chi connectivity index (χ0) is 14.4. The first-order valence-electron chi connectivity index (χ1n) is 6.93. The van der Waals surface area contributed by atoms with Crippen LogP contribution in [0.4, 0.5) is 5.13 Å². The Morgan fingerprint density at radius 2 is 2.40 bits per heavy atom. The quantitative estimate of drug-likeness (QED) is 0.725. The van der Waals surface area contributed by atoms with Crippen LogP contribution in [0.25, 0.3) is 0 Å². The molecule has 1 aliphatic heterocycles. The van der Waals surface area contributed by atoms with Crippen LogP contribution < -0.4 is 10.6 Å². The third kappa shape index (κ3) is 4.24. The first-order valence-corrected chi connectivity index (χ1v) is 7.75. The number of hydrogen-bond acceptors (Lipinski definition) is 6. The van der Waals surface area contributed by atoms with E-state index >= 15 is 0 Å². The molecule has 0 radical (unpaired) electrons. The fourth-order valence-corrected chi connectivity index (χ4v) is 3.18. The zero-order valence-corrected chi connectivity index (χ0v) is 12.9. The van der Waals surface area contributed by atoms with E-state index in [9.17, 15) is 4.79 Å². The SMILES string of the molecule is CCN1CCc2nc(NC(=O)CNCCOC)sc2C1. The molecule has 0 unspecified atom stereocenters. The monoisotopic (exact) mass is 298 g/mol. The fraction of sp³-hybridized carbons (Fsp3) is 0.692. The number of carbonyl (C=O) groups is 1. The van der Waals surface area contributed by atoms with Crippen molar-refractivity contribution < 1.29 is 9.53 Å². The summed E-state index contributed by atoms with van der Waals surface area (Å²) in [5.74, 6) is -0.0560. The molecule has 0 fully saturated rings. The number of rotatable bonds is 7. The van der Waals surface area contributed by atoms with Gasteiger partial charge in [0.25, 0.3) is 0 Å². The van der Waals surface area contributed by atoms with Crippen LogP contribution in [0.15, 0.2) is 0 Å².